The molecule has 1 amide bonds. The number of benzene rings is 1. The summed E-state index contributed by atoms with van der Waals surface area (Å²) in [6.07, 6.45) is 3.08. The third-order valence-corrected chi connectivity index (χ3v) is 6.74. The van der Waals surface area contributed by atoms with Crippen molar-refractivity contribution in [2.45, 2.75) is 68.6 Å². The molecule has 1 heterocycles. The largest absolute Gasteiger partial charge is 0.416 e. The summed E-state index contributed by atoms with van der Waals surface area (Å²) in [5.41, 5.74) is 0.342. The van der Waals surface area contributed by atoms with E-state index in [9.17, 15) is 23.1 Å². The zero-order chi connectivity index (χ0) is 22.1. The second-order valence-electron chi connectivity index (χ2n) is 8.72. The van der Waals surface area contributed by atoms with Crippen molar-refractivity contribution >= 4 is 5.91 Å². The van der Waals surface area contributed by atoms with E-state index in [0.717, 1.165) is 56.4 Å². The number of carbonyl (C=O) groups is 1. The first-order chi connectivity index (χ1) is 14.8. The van der Waals surface area contributed by atoms with Crippen LogP contribution in [0.4, 0.5) is 13.2 Å². The van der Waals surface area contributed by atoms with Gasteiger partial charge in [-0.2, -0.15) is 13.2 Å². The Morgan fingerprint density at radius 2 is 1.68 bits per heavy atom. The Kier molecular flexibility index (Phi) is 6.06. The van der Waals surface area contributed by atoms with Crippen LogP contribution < -0.4 is 0 Å². The zero-order valence-electron chi connectivity index (χ0n) is 17.3. The van der Waals surface area contributed by atoms with Crippen LogP contribution in [0.15, 0.2) is 48.7 Å². The van der Waals surface area contributed by atoms with Crippen molar-refractivity contribution in [2.24, 2.45) is 0 Å². The number of amides is 1. The number of hydrogen-bond acceptors (Lipinski definition) is 3. The van der Waals surface area contributed by atoms with E-state index in [1.807, 2.05) is 23.1 Å². The summed E-state index contributed by atoms with van der Waals surface area (Å²) in [5, 5.41) is 9.66. The summed E-state index contributed by atoms with van der Waals surface area (Å²) < 4.78 is 38.6. The average molecular weight is 432 g/mol. The SMILES string of the molecule is O=C(c1ccc(C(F)(F)F)cc1)N(C1CC1)[C@H]1CC[C@](CCO)(c2ccccn2)CC1. The van der Waals surface area contributed by atoms with Crippen LogP contribution in [0.25, 0.3) is 0 Å². The minimum absolute atomic E-state index is 0.0535. The number of carbonyl (C=O) groups excluding carboxylic acids is 1. The molecule has 0 spiro atoms. The van der Waals surface area contributed by atoms with Crippen molar-refractivity contribution < 1.29 is 23.1 Å². The molecule has 0 saturated heterocycles. The topological polar surface area (TPSA) is 53.4 Å². The number of rotatable bonds is 6. The second kappa shape index (κ2) is 8.61. The molecule has 7 heteroatoms. The van der Waals surface area contributed by atoms with Gasteiger partial charge in [-0.1, -0.05) is 6.07 Å². The van der Waals surface area contributed by atoms with E-state index in [4.69, 9.17) is 0 Å². The Bertz CT molecular complexity index is 887. The number of aromatic nitrogens is 1. The molecule has 2 aromatic rings. The highest BCUT2D eigenvalue weighted by atomic mass is 19.4. The molecule has 0 unspecified atom stereocenters. The van der Waals surface area contributed by atoms with E-state index < -0.39 is 11.7 Å². The highest BCUT2D eigenvalue weighted by molar-refractivity contribution is 5.95. The maximum absolute atomic E-state index is 13.2. The molecule has 2 saturated carbocycles. The van der Waals surface area contributed by atoms with Gasteiger partial charge >= 0.3 is 6.18 Å². The van der Waals surface area contributed by atoms with Gasteiger partial charge < -0.3 is 10.0 Å². The first-order valence-electron chi connectivity index (χ1n) is 10.9. The summed E-state index contributed by atoms with van der Waals surface area (Å²) in [7, 11) is 0. The van der Waals surface area contributed by atoms with Crippen molar-refractivity contribution in [3.8, 4) is 0 Å². The van der Waals surface area contributed by atoms with Crippen molar-refractivity contribution in [2.75, 3.05) is 6.61 Å². The van der Waals surface area contributed by atoms with Gasteiger partial charge in [0.05, 0.1) is 5.56 Å². The molecule has 0 bridgehead atoms. The predicted octanol–water partition coefficient (Wildman–Crippen LogP) is 4.97. The molecule has 1 aromatic heterocycles. The van der Waals surface area contributed by atoms with Gasteiger partial charge in [0, 0.05) is 41.6 Å². The summed E-state index contributed by atoms with van der Waals surface area (Å²) in [4.78, 5) is 19.7. The normalized spacial score (nSPS) is 24.1. The number of aliphatic hydroxyl groups is 1. The monoisotopic (exact) mass is 432 g/mol. The van der Waals surface area contributed by atoms with E-state index in [1.165, 1.54) is 12.1 Å². The van der Waals surface area contributed by atoms with Crippen LogP contribution in [0.1, 0.15) is 66.6 Å². The molecule has 1 N–H and O–H groups in total. The number of aliphatic hydroxyl groups excluding tert-OH is 1. The summed E-state index contributed by atoms with van der Waals surface area (Å²) in [5.74, 6) is -0.186. The summed E-state index contributed by atoms with van der Waals surface area (Å²) in [6.45, 7) is 0.0814. The van der Waals surface area contributed by atoms with Gasteiger partial charge in [0.15, 0.2) is 0 Å². The Morgan fingerprint density at radius 3 is 2.19 bits per heavy atom. The maximum Gasteiger partial charge on any atom is 0.416 e. The molecule has 0 radical (unpaired) electrons. The van der Waals surface area contributed by atoms with E-state index in [-0.39, 0.29) is 30.0 Å². The first kappa shape index (κ1) is 21.8. The maximum atomic E-state index is 13.2. The fourth-order valence-corrected chi connectivity index (χ4v) is 4.89. The third-order valence-electron chi connectivity index (χ3n) is 6.74. The second-order valence-corrected chi connectivity index (χ2v) is 8.72. The van der Waals surface area contributed by atoms with Crippen LogP contribution in [0.2, 0.25) is 0 Å². The van der Waals surface area contributed by atoms with Crippen molar-refractivity contribution in [3.63, 3.8) is 0 Å². The zero-order valence-corrected chi connectivity index (χ0v) is 17.3. The fraction of sp³-hybridized carbons (Fsp3) is 0.500. The van der Waals surface area contributed by atoms with Gasteiger partial charge in [0.25, 0.3) is 5.91 Å². The standard InChI is InChI=1S/C24H27F3N2O2/c25-24(26,27)18-6-4-17(5-7-18)22(31)29(19-8-9-19)20-10-12-23(13-11-20,14-16-30)21-3-1-2-15-28-21/h1-7,15,19-20,30H,8-14,16H2/t20-,23-. The van der Waals surface area contributed by atoms with Crippen LogP contribution in [-0.4, -0.2) is 39.6 Å². The van der Waals surface area contributed by atoms with Crippen molar-refractivity contribution in [1.29, 1.82) is 0 Å². The molecule has 4 rings (SSSR count). The van der Waals surface area contributed by atoms with Crippen LogP contribution in [0.3, 0.4) is 0 Å². The minimum Gasteiger partial charge on any atom is -0.396 e. The lowest BCUT2D eigenvalue weighted by atomic mass is 9.68. The van der Waals surface area contributed by atoms with Gasteiger partial charge in [-0.15, -0.1) is 0 Å². The number of pyridine rings is 1. The Hall–Kier alpha value is -2.41. The van der Waals surface area contributed by atoms with E-state index in [0.29, 0.717) is 12.0 Å². The van der Waals surface area contributed by atoms with Crippen LogP contribution in [-0.2, 0) is 11.6 Å². The van der Waals surface area contributed by atoms with E-state index >= 15 is 0 Å². The molecule has 2 fully saturated rings. The van der Waals surface area contributed by atoms with Crippen molar-refractivity contribution in [1.82, 2.24) is 9.88 Å². The smallest absolute Gasteiger partial charge is 0.396 e. The predicted molar refractivity (Wildman–Crippen MR) is 111 cm³/mol. The van der Waals surface area contributed by atoms with E-state index in [1.54, 1.807) is 6.20 Å². The van der Waals surface area contributed by atoms with E-state index in [2.05, 4.69) is 4.98 Å². The molecule has 31 heavy (non-hydrogen) atoms. The molecule has 2 aliphatic rings. The first-order valence-corrected chi connectivity index (χ1v) is 10.9. The molecular weight excluding hydrogens is 405 g/mol. The molecule has 166 valence electrons. The Balaban J connectivity index is 1.51. The van der Waals surface area contributed by atoms with Gasteiger partial charge in [-0.25, -0.2) is 0 Å². The highest BCUT2D eigenvalue weighted by Gasteiger charge is 2.44. The molecule has 2 aliphatic carbocycles. The van der Waals surface area contributed by atoms with Crippen LogP contribution >= 0.6 is 0 Å². The molecule has 4 nitrogen and oxygen atoms in total. The quantitative estimate of drug-likeness (QED) is 0.701. The minimum atomic E-state index is -4.41. The molecule has 1 aromatic carbocycles. The Morgan fingerprint density at radius 1 is 1.03 bits per heavy atom. The number of nitrogens with zero attached hydrogens (tertiary/aromatic N) is 2. The van der Waals surface area contributed by atoms with Gasteiger partial charge in [0.1, 0.15) is 0 Å². The summed E-state index contributed by atoms with van der Waals surface area (Å²) in [6, 6.07) is 10.6. The molecule has 0 aliphatic heterocycles. The molecule has 0 atom stereocenters. The highest BCUT2D eigenvalue weighted by Crippen LogP contribution is 2.44. The average Bonchev–Trinajstić information content (AvgIpc) is 3.60. The van der Waals surface area contributed by atoms with Crippen LogP contribution in [0, 0.1) is 0 Å². The van der Waals surface area contributed by atoms with Gasteiger partial charge in [-0.3, -0.25) is 9.78 Å². The lowest BCUT2D eigenvalue weighted by Gasteiger charge is -2.43. The number of hydrogen-bond donors (Lipinski definition) is 1. The van der Waals surface area contributed by atoms with Crippen LogP contribution in [0.5, 0.6) is 0 Å². The third kappa shape index (κ3) is 4.61. The van der Waals surface area contributed by atoms with Crippen molar-refractivity contribution in [3.05, 3.63) is 65.5 Å². The fourth-order valence-electron chi connectivity index (χ4n) is 4.89. The molecular formula is C24H27F3N2O2. The lowest BCUT2D eigenvalue weighted by molar-refractivity contribution is -0.137. The number of halogens is 3. The van der Waals surface area contributed by atoms with Gasteiger partial charge in [0.2, 0.25) is 0 Å². The number of alkyl halides is 3. The Labute approximate surface area is 180 Å². The van der Waals surface area contributed by atoms with Gasteiger partial charge in [-0.05, 0) is 81.3 Å². The summed E-state index contributed by atoms with van der Waals surface area (Å²) >= 11 is 0. The lowest BCUT2D eigenvalue weighted by Crippen LogP contribution is -2.47.